The Labute approximate surface area is 104 Å². The molecule has 1 aliphatic carbocycles. The van der Waals surface area contributed by atoms with Crippen molar-refractivity contribution in [3.63, 3.8) is 0 Å². The van der Waals surface area contributed by atoms with E-state index < -0.39 is 21.5 Å². The second kappa shape index (κ2) is 5.46. The maximum Gasteiger partial charge on any atom is 0.327 e. The average molecular weight is 314 g/mol. The fraction of sp³-hybridized carbons (Fsp3) is 0.889. The lowest BCUT2D eigenvalue weighted by Gasteiger charge is -2.34. The second-order valence-electron chi connectivity index (χ2n) is 3.96. The van der Waals surface area contributed by atoms with Crippen LogP contribution in [0.5, 0.6) is 0 Å². The molecule has 0 saturated heterocycles. The van der Waals surface area contributed by atoms with Crippen LogP contribution in [0.4, 0.5) is 0 Å². The van der Waals surface area contributed by atoms with E-state index in [1.807, 2.05) is 0 Å². The predicted molar refractivity (Wildman–Crippen MR) is 63.7 cm³/mol. The molecule has 1 N–H and O–H groups in total. The molecule has 0 aromatic heterocycles. The summed E-state index contributed by atoms with van der Waals surface area (Å²) in [4.78, 5) is 11.7. The minimum absolute atomic E-state index is 0.210. The fourth-order valence-electron chi connectivity index (χ4n) is 2.02. The van der Waals surface area contributed by atoms with Gasteiger partial charge in [-0.25, -0.2) is 8.42 Å². The van der Waals surface area contributed by atoms with Crippen molar-refractivity contribution in [3.8, 4) is 0 Å². The monoisotopic (exact) mass is 313 g/mol. The van der Waals surface area contributed by atoms with Gasteiger partial charge in [-0.05, 0) is 12.8 Å². The lowest BCUT2D eigenvalue weighted by Crippen LogP contribution is -2.56. The van der Waals surface area contributed by atoms with Gasteiger partial charge in [-0.3, -0.25) is 4.79 Å². The third-order valence-electron chi connectivity index (χ3n) is 2.78. The average Bonchev–Trinajstić information content (AvgIpc) is 2.28. The van der Waals surface area contributed by atoms with Crippen LogP contribution in [0.3, 0.4) is 0 Å². The maximum atomic E-state index is 11.7. The summed E-state index contributed by atoms with van der Waals surface area (Å²) in [6, 6.07) is 0. The van der Waals surface area contributed by atoms with E-state index in [0.717, 1.165) is 19.3 Å². The van der Waals surface area contributed by atoms with Gasteiger partial charge in [-0.2, -0.15) is 4.72 Å². The minimum Gasteiger partial charge on any atom is -0.468 e. The van der Waals surface area contributed by atoms with Gasteiger partial charge in [-0.15, -0.1) is 0 Å². The Morgan fingerprint density at radius 2 is 1.94 bits per heavy atom. The number of alkyl halides is 1. The Morgan fingerprint density at radius 3 is 2.38 bits per heavy atom. The van der Waals surface area contributed by atoms with Crippen LogP contribution in [-0.4, -0.2) is 31.7 Å². The highest BCUT2D eigenvalue weighted by atomic mass is 79.9. The van der Waals surface area contributed by atoms with E-state index in [0.29, 0.717) is 12.8 Å². The highest BCUT2D eigenvalue weighted by molar-refractivity contribution is 9.10. The van der Waals surface area contributed by atoms with Gasteiger partial charge in [0.25, 0.3) is 0 Å². The number of halogens is 1. The van der Waals surface area contributed by atoms with E-state index in [1.165, 1.54) is 7.11 Å². The van der Waals surface area contributed by atoms with Crippen LogP contribution in [0.25, 0.3) is 0 Å². The highest BCUT2D eigenvalue weighted by Gasteiger charge is 2.43. The first-order valence-corrected chi connectivity index (χ1v) is 7.89. The summed E-state index contributed by atoms with van der Waals surface area (Å²) >= 11 is 2.89. The molecule has 94 valence electrons. The number of nitrogens with one attached hydrogen (secondary N) is 1. The van der Waals surface area contributed by atoms with Gasteiger partial charge >= 0.3 is 5.97 Å². The summed E-state index contributed by atoms with van der Waals surface area (Å²) in [6.07, 6.45) is 3.70. The fourth-order valence-corrected chi connectivity index (χ4v) is 3.30. The third-order valence-corrected chi connectivity index (χ3v) is 5.58. The molecule has 0 aromatic rings. The molecule has 0 bridgehead atoms. The van der Waals surface area contributed by atoms with E-state index in [9.17, 15) is 13.2 Å². The largest absolute Gasteiger partial charge is 0.468 e. The third kappa shape index (κ3) is 3.18. The van der Waals surface area contributed by atoms with Crippen LogP contribution in [0, 0.1) is 0 Å². The zero-order valence-corrected chi connectivity index (χ0v) is 11.6. The quantitative estimate of drug-likeness (QED) is 0.624. The number of ether oxygens (including phenoxy) is 1. The smallest absolute Gasteiger partial charge is 0.327 e. The molecule has 0 heterocycles. The Bertz CT molecular complexity index is 349. The zero-order valence-electron chi connectivity index (χ0n) is 9.16. The van der Waals surface area contributed by atoms with Crippen LogP contribution in [0.15, 0.2) is 0 Å². The van der Waals surface area contributed by atoms with Crippen molar-refractivity contribution in [2.24, 2.45) is 0 Å². The Hall–Kier alpha value is -0.140. The van der Waals surface area contributed by atoms with Crippen LogP contribution in [0.2, 0.25) is 0 Å². The number of hydrogen-bond donors (Lipinski definition) is 1. The molecule has 7 heteroatoms. The molecule has 5 nitrogen and oxygen atoms in total. The first-order valence-electron chi connectivity index (χ1n) is 5.12. The molecule has 16 heavy (non-hydrogen) atoms. The first kappa shape index (κ1) is 13.9. The number of rotatable bonds is 4. The maximum absolute atomic E-state index is 11.7. The van der Waals surface area contributed by atoms with E-state index in [4.69, 9.17) is 4.74 Å². The van der Waals surface area contributed by atoms with Gasteiger partial charge < -0.3 is 4.74 Å². The Kier molecular flexibility index (Phi) is 4.75. The molecule has 1 rings (SSSR count). The molecular weight excluding hydrogens is 298 g/mol. The number of methoxy groups -OCH3 is 1. The SMILES string of the molecule is COC(=O)C1(NS(=O)(=O)CBr)CCCCC1. The van der Waals surface area contributed by atoms with Crippen LogP contribution in [-0.2, 0) is 19.6 Å². The second-order valence-corrected chi connectivity index (χ2v) is 6.99. The normalized spacial score (nSPS) is 20.4. The molecule has 1 saturated carbocycles. The van der Waals surface area contributed by atoms with Crippen molar-refractivity contribution in [2.75, 3.05) is 11.8 Å². The van der Waals surface area contributed by atoms with E-state index in [2.05, 4.69) is 20.7 Å². The van der Waals surface area contributed by atoms with Crippen molar-refractivity contribution in [3.05, 3.63) is 0 Å². The number of carbonyl (C=O) groups excluding carboxylic acids is 1. The van der Waals surface area contributed by atoms with Gasteiger partial charge in [0, 0.05) is 0 Å². The number of sulfonamides is 1. The van der Waals surface area contributed by atoms with Gasteiger partial charge in [0.15, 0.2) is 0 Å². The van der Waals surface area contributed by atoms with E-state index >= 15 is 0 Å². The Balaban J connectivity index is 2.91. The van der Waals surface area contributed by atoms with Crippen molar-refractivity contribution >= 4 is 31.9 Å². The number of esters is 1. The zero-order chi connectivity index (χ0) is 12.2. The van der Waals surface area contributed by atoms with Crippen molar-refractivity contribution in [1.82, 2.24) is 4.72 Å². The van der Waals surface area contributed by atoms with Crippen molar-refractivity contribution in [2.45, 2.75) is 37.6 Å². The summed E-state index contributed by atoms with van der Waals surface area (Å²) in [7, 11) is -2.19. The standard InChI is InChI=1S/C9H16BrNO4S/c1-15-8(12)9(5-3-2-4-6-9)11-16(13,14)7-10/h11H,2-7H2,1H3. The molecule has 0 atom stereocenters. The van der Waals surface area contributed by atoms with Gasteiger partial charge in [0.1, 0.15) is 10.2 Å². The van der Waals surface area contributed by atoms with Gasteiger partial charge in [0.05, 0.1) is 7.11 Å². The molecule has 1 aliphatic rings. The number of carbonyl (C=O) groups is 1. The Morgan fingerprint density at radius 1 is 1.38 bits per heavy atom. The molecule has 0 unspecified atom stereocenters. The topological polar surface area (TPSA) is 72.5 Å². The van der Waals surface area contributed by atoms with Crippen molar-refractivity contribution < 1.29 is 17.9 Å². The molecule has 0 aromatic carbocycles. The highest BCUT2D eigenvalue weighted by Crippen LogP contribution is 2.30. The summed E-state index contributed by atoms with van der Waals surface area (Å²) in [6.45, 7) is 0. The van der Waals surface area contributed by atoms with E-state index in [-0.39, 0.29) is 4.66 Å². The summed E-state index contributed by atoms with van der Waals surface area (Å²) in [5, 5.41) is 0. The van der Waals surface area contributed by atoms with Crippen LogP contribution < -0.4 is 4.72 Å². The van der Waals surface area contributed by atoms with Crippen LogP contribution >= 0.6 is 15.9 Å². The predicted octanol–water partition coefficient (Wildman–Crippen LogP) is 1.13. The lowest BCUT2D eigenvalue weighted by molar-refractivity contribution is -0.149. The molecule has 0 aliphatic heterocycles. The molecule has 0 spiro atoms. The lowest BCUT2D eigenvalue weighted by atomic mass is 9.83. The molecule has 1 fully saturated rings. The van der Waals surface area contributed by atoms with Crippen molar-refractivity contribution in [1.29, 1.82) is 0 Å². The molecule has 0 amide bonds. The minimum atomic E-state index is -3.47. The van der Waals surface area contributed by atoms with Gasteiger partial charge in [-0.1, -0.05) is 35.2 Å². The number of hydrogen-bond acceptors (Lipinski definition) is 4. The summed E-state index contributed by atoms with van der Waals surface area (Å²) in [5.74, 6) is -0.489. The molecule has 0 radical (unpaired) electrons. The van der Waals surface area contributed by atoms with E-state index in [1.54, 1.807) is 0 Å². The first-order chi connectivity index (χ1) is 7.46. The van der Waals surface area contributed by atoms with Crippen LogP contribution in [0.1, 0.15) is 32.1 Å². The van der Waals surface area contributed by atoms with Gasteiger partial charge in [0.2, 0.25) is 10.0 Å². The molecular formula is C9H16BrNO4S. The summed E-state index contributed by atoms with van der Waals surface area (Å²) < 4.78 is 30.0. The summed E-state index contributed by atoms with van der Waals surface area (Å²) in [5.41, 5.74) is -1.06.